The van der Waals surface area contributed by atoms with Gasteiger partial charge in [-0.2, -0.15) is 0 Å². The van der Waals surface area contributed by atoms with Gasteiger partial charge < -0.3 is 14.6 Å². The molecule has 1 aliphatic rings. The fourth-order valence-electron chi connectivity index (χ4n) is 2.73. The van der Waals surface area contributed by atoms with Gasteiger partial charge in [-0.05, 0) is 25.0 Å². The SMILES string of the molecule is O=C(Cn1cnc2ccccc21)N1CCC[C@H]1CO. The minimum Gasteiger partial charge on any atom is -0.394 e. The van der Waals surface area contributed by atoms with Crippen LogP contribution < -0.4 is 0 Å². The van der Waals surface area contributed by atoms with Gasteiger partial charge in [0.2, 0.25) is 5.91 Å². The van der Waals surface area contributed by atoms with E-state index >= 15 is 0 Å². The highest BCUT2D eigenvalue weighted by molar-refractivity contribution is 5.80. The van der Waals surface area contributed by atoms with Crippen LogP contribution >= 0.6 is 0 Å². The highest BCUT2D eigenvalue weighted by atomic mass is 16.3. The van der Waals surface area contributed by atoms with Gasteiger partial charge in [0, 0.05) is 6.54 Å². The number of aromatic nitrogens is 2. The Hall–Kier alpha value is -1.88. The Morgan fingerprint density at radius 1 is 1.42 bits per heavy atom. The molecule has 0 spiro atoms. The Morgan fingerprint density at radius 2 is 2.26 bits per heavy atom. The van der Waals surface area contributed by atoms with Crippen LogP contribution in [-0.4, -0.2) is 44.7 Å². The smallest absolute Gasteiger partial charge is 0.242 e. The van der Waals surface area contributed by atoms with E-state index in [0.29, 0.717) is 0 Å². The molecule has 1 aromatic heterocycles. The number of hydrogen-bond acceptors (Lipinski definition) is 3. The maximum Gasteiger partial charge on any atom is 0.242 e. The number of aliphatic hydroxyl groups excluding tert-OH is 1. The summed E-state index contributed by atoms with van der Waals surface area (Å²) in [6.07, 6.45) is 3.57. The summed E-state index contributed by atoms with van der Waals surface area (Å²) in [4.78, 5) is 18.4. The molecule has 1 aliphatic heterocycles. The second kappa shape index (κ2) is 5.01. The first-order chi connectivity index (χ1) is 9.29. The summed E-state index contributed by atoms with van der Waals surface area (Å²) in [5, 5.41) is 9.27. The van der Waals surface area contributed by atoms with Crippen molar-refractivity contribution < 1.29 is 9.90 Å². The molecule has 0 bridgehead atoms. The van der Waals surface area contributed by atoms with E-state index < -0.39 is 0 Å². The fourth-order valence-corrected chi connectivity index (χ4v) is 2.73. The maximum absolute atomic E-state index is 12.3. The van der Waals surface area contributed by atoms with Gasteiger partial charge in [0.05, 0.1) is 30.0 Å². The van der Waals surface area contributed by atoms with Crippen LogP contribution in [0, 0.1) is 0 Å². The van der Waals surface area contributed by atoms with E-state index in [9.17, 15) is 9.90 Å². The molecule has 1 fully saturated rings. The van der Waals surface area contributed by atoms with Gasteiger partial charge in [0.15, 0.2) is 0 Å². The van der Waals surface area contributed by atoms with Gasteiger partial charge in [-0.15, -0.1) is 0 Å². The molecular formula is C14H17N3O2. The average Bonchev–Trinajstić information content (AvgIpc) is 3.05. The molecule has 5 nitrogen and oxygen atoms in total. The van der Waals surface area contributed by atoms with Crippen molar-refractivity contribution in [3.05, 3.63) is 30.6 Å². The van der Waals surface area contributed by atoms with Gasteiger partial charge in [-0.25, -0.2) is 4.98 Å². The summed E-state index contributed by atoms with van der Waals surface area (Å²) in [5.41, 5.74) is 1.87. The number of rotatable bonds is 3. The van der Waals surface area contributed by atoms with Crippen LogP contribution in [0.5, 0.6) is 0 Å². The summed E-state index contributed by atoms with van der Waals surface area (Å²) in [6.45, 7) is 1.09. The standard InChI is InChI=1S/C14H17N3O2/c18-9-11-4-3-7-17(11)14(19)8-16-10-15-12-5-1-2-6-13(12)16/h1-2,5-6,10-11,18H,3-4,7-9H2/t11-/m0/s1. The topological polar surface area (TPSA) is 58.4 Å². The average molecular weight is 259 g/mol. The Labute approximate surface area is 111 Å². The van der Waals surface area contributed by atoms with Crippen molar-refractivity contribution in [1.29, 1.82) is 0 Å². The number of likely N-dealkylation sites (tertiary alicyclic amines) is 1. The number of imidazole rings is 1. The molecule has 1 N–H and O–H groups in total. The Kier molecular flexibility index (Phi) is 3.21. The number of para-hydroxylation sites is 2. The predicted octanol–water partition coefficient (Wildman–Crippen LogP) is 1.02. The minimum absolute atomic E-state index is 0.0118. The molecule has 5 heteroatoms. The van der Waals surface area contributed by atoms with E-state index in [1.165, 1.54) is 0 Å². The number of fused-ring (bicyclic) bond motifs is 1. The highest BCUT2D eigenvalue weighted by Crippen LogP contribution is 2.18. The molecule has 0 unspecified atom stereocenters. The maximum atomic E-state index is 12.3. The molecule has 2 heterocycles. The predicted molar refractivity (Wildman–Crippen MR) is 71.6 cm³/mol. The molecule has 1 atom stereocenters. The molecule has 0 saturated carbocycles. The van der Waals surface area contributed by atoms with Crippen LogP contribution in [0.25, 0.3) is 11.0 Å². The van der Waals surface area contributed by atoms with Gasteiger partial charge >= 0.3 is 0 Å². The second-order valence-corrected chi connectivity index (χ2v) is 4.93. The van der Waals surface area contributed by atoms with E-state index in [-0.39, 0.29) is 25.1 Å². The molecule has 1 aromatic carbocycles. The third-order valence-corrected chi connectivity index (χ3v) is 3.74. The van der Waals surface area contributed by atoms with Crippen LogP contribution in [0.3, 0.4) is 0 Å². The summed E-state index contributed by atoms with van der Waals surface area (Å²) < 4.78 is 1.87. The fraction of sp³-hybridized carbons (Fsp3) is 0.429. The molecule has 3 rings (SSSR count). The van der Waals surface area contributed by atoms with E-state index in [1.54, 1.807) is 11.2 Å². The lowest BCUT2D eigenvalue weighted by molar-refractivity contribution is -0.133. The van der Waals surface area contributed by atoms with Gasteiger partial charge in [-0.3, -0.25) is 4.79 Å². The molecule has 0 radical (unpaired) electrons. The molecule has 100 valence electrons. The number of nitrogens with zero attached hydrogens (tertiary/aromatic N) is 3. The summed E-state index contributed by atoms with van der Waals surface area (Å²) in [5.74, 6) is 0.0553. The molecule has 1 amide bonds. The number of carbonyl (C=O) groups excluding carboxylic acids is 1. The quantitative estimate of drug-likeness (QED) is 0.895. The van der Waals surface area contributed by atoms with Crippen molar-refractivity contribution in [1.82, 2.24) is 14.5 Å². The van der Waals surface area contributed by atoms with E-state index in [4.69, 9.17) is 0 Å². The monoisotopic (exact) mass is 259 g/mol. The lowest BCUT2D eigenvalue weighted by Crippen LogP contribution is -2.39. The Morgan fingerprint density at radius 3 is 3.11 bits per heavy atom. The Bertz CT molecular complexity index is 593. The second-order valence-electron chi connectivity index (χ2n) is 4.93. The zero-order valence-corrected chi connectivity index (χ0v) is 10.7. The number of aliphatic hydroxyl groups is 1. The highest BCUT2D eigenvalue weighted by Gasteiger charge is 2.28. The lowest BCUT2D eigenvalue weighted by atomic mass is 10.2. The van der Waals surface area contributed by atoms with E-state index in [2.05, 4.69) is 4.98 Å². The van der Waals surface area contributed by atoms with E-state index in [1.807, 2.05) is 28.8 Å². The van der Waals surface area contributed by atoms with Crippen molar-refractivity contribution >= 4 is 16.9 Å². The van der Waals surface area contributed by atoms with Crippen molar-refractivity contribution in [2.45, 2.75) is 25.4 Å². The van der Waals surface area contributed by atoms with Crippen LogP contribution in [0.4, 0.5) is 0 Å². The van der Waals surface area contributed by atoms with Crippen LogP contribution in [0.15, 0.2) is 30.6 Å². The van der Waals surface area contributed by atoms with Crippen molar-refractivity contribution in [2.24, 2.45) is 0 Å². The first-order valence-corrected chi connectivity index (χ1v) is 6.60. The third kappa shape index (κ3) is 2.21. The van der Waals surface area contributed by atoms with Gasteiger partial charge in [0.1, 0.15) is 6.54 Å². The molecule has 1 saturated heterocycles. The number of benzene rings is 1. The van der Waals surface area contributed by atoms with Crippen molar-refractivity contribution in [3.63, 3.8) is 0 Å². The van der Waals surface area contributed by atoms with Gasteiger partial charge in [0.25, 0.3) is 0 Å². The summed E-state index contributed by atoms with van der Waals surface area (Å²) in [6, 6.07) is 7.76. The first kappa shape index (κ1) is 12.2. The largest absolute Gasteiger partial charge is 0.394 e. The normalized spacial score (nSPS) is 19.2. The van der Waals surface area contributed by atoms with Gasteiger partial charge in [-0.1, -0.05) is 12.1 Å². The third-order valence-electron chi connectivity index (χ3n) is 3.74. The zero-order valence-electron chi connectivity index (χ0n) is 10.7. The molecular weight excluding hydrogens is 242 g/mol. The zero-order chi connectivity index (χ0) is 13.2. The van der Waals surface area contributed by atoms with E-state index in [0.717, 1.165) is 30.4 Å². The van der Waals surface area contributed by atoms with Crippen molar-refractivity contribution in [3.8, 4) is 0 Å². The van der Waals surface area contributed by atoms with Crippen LogP contribution in [0.2, 0.25) is 0 Å². The molecule has 19 heavy (non-hydrogen) atoms. The molecule has 2 aromatic rings. The number of amides is 1. The lowest BCUT2D eigenvalue weighted by Gasteiger charge is -2.23. The first-order valence-electron chi connectivity index (χ1n) is 6.60. The number of carbonyl (C=O) groups is 1. The van der Waals surface area contributed by atoms with Crippen molar-refractivity contribution in [2.75, 3.05) is 13.2 Å². The van der Waals surface area contributed by atoms with Crippen LogP contribution in [-0.2, 0) is 11.3 Å². The summed E-state index contributed by atoms with van der Waals surface area (Å²) in [7, 11) is 0. The number of hydrogen-bond donors (Lipinski definition) is 1. The summed E-state index contributed by atoms with van der Waals surface area (Å²) >= 11 is 0. The minimum atomic E-state index is -0.0118. The van der Waals surface area contributed by atoms with Crippen LogP contribution in [0.1, 0.15) is 12.8 Å². The molecule has 0 aliphatic carbocycles. The Balaban J connectivity index is 1.79.